The molecule has 0 spiro atoms. The van der Waals surface area contributed by atoms with Crippen LogP contribution >= 0.6 is 0 Å². The summed E-state index contributed by atoms with van der Waals surface area (Å²) in [4.78, 5) is 26.0. The van der Waals surface area contributed by atoms with Crippen molar-refractivity contribution >= 4 is 33.1 Å². The number of aryl methyl sites for hydroxylation is 1. The average molecular weight is 583 g/mol. The predicted octanol–water partition coefficient (Wildman–Crippen LogP) is 2.70. The summed E-state index contributed by atoms with van der Waals surface area (Å²) in [6, 6.07) is 16.7. The van der Waals surface area contributed by atoms with Crippen molar-refractivity contribution < 1.29 is 13.2 Å². The second-order valence-corrected chi connectivity index (χ2v) is 11.1. The van der Waals surface area contributed by atoms with Crippen molar-refractivity contribution in [1.29, 1.82) is 5.26 Å². The molecule has 0 aliphatic rings. The van der Waals surface area contributed by atoms with Crippen molar-refractivity contribution in [3.05, 3.63) is 95.2 Å². The molecule has 42 heavy (non-hydrogen) atoms. The van der Waals surface area contributed by atoms with Gasteiger partial charge in [-0.2, -0.15) is 10.4 Å². The molecule has 1 amide bonds. The van der Waals surface area contributed by atoms with Crippen molar-refractivity contribution in [2.24, 2.45) is 5.14 Å². The monoisotopic (exact) mass is 582 g/mol. The summed E-state index contributed by atoms with van der Waals surface area (Å²) >= 11 is 0. The first-order valence-electron chi connectivity index (χ1n) is 12.7. The second-order valence-electron chi connectivity index (χ2n) is 9.58. The third kappa shape index (κ3) is 5.87. The molecular weight excluding hydrogens is 556 g/mol. The van der Waals surface area contributed by atoms with E-state index in [-0.39, 0.29) is 34.5 Å². The number of nitrogen functional groups attached to an aromatic ring is 1. The quantitative estimate of drug-likeness (QED) is 0.210. The number of fused-ring (bicyclic) bond motifs is 1. The zero-order valence-electron chi connectivity index (χ0n) is 22.6. The highest BCUT2D eigenvalue weighted by Crippen LogP contribution is 2.28. The molecule has 0 saturated carbocycles. The lowest BCUT2D eigenvalue weighted by atomic mass is 10.0. The molecule has 212 valence electrons. The number of hydrogen-bond acceptors (Lipinski definition) is 10. The SMILES string of the molecule is Cc1cc(C(=O)NCc2ccc(S(N)(=O)=O)cc2)cc(-c2nc(C(C)Nc3ncnc(N)c3C#N)nn3cccc23)c1. The number of rotatable bonds is 8. The summed E-state index contributed by atoms with van der Waals surface area (Å²) in [7, 11) is -3.80. The summed E-state index contributed by atoms with van der Waals surface area (Å²) in [5.41, 5.74) is 10.00. The number of carbonyl (C=O) groups excluding carboxylic acids is 1. The van der Waals surface area contributed by atoms with Gasteiger partial charge in [0.2, 0.25) is 10.0 Å². The van der Waals surface area contributed by atoms with Crippen LogP contribution in [0.1, 0.15) is 45.8 Å². The molecule has 5 rings (SSSR count). The molecule has 1 unspecified atom stereocenters. The minimum Gasteiger partial charge on any atom is -0.382 e. The highest BCUT2D eigenvalue weighted by Gasteiger charge is 2.19. The molecule has 0 saturated heterocycles. The number of nitrogens with one attached hydrogen (secondary N) is 2. The fourth-order valence-corrected chi connectivity index (χ4v) is 4.88. The lowest BCUT2D eigenvalue weighted by Gasteiger charge is -2.16. The van der Waals surface area contributed by atoms with Crippen LogP contribution in [0.5, 0.6) is 0 Å². The van der Waals surface area contributed by atoms with E-state index in [1.807, 2.05) is 38.1 Å². The standard InChI is InChI=1S/C28H26N10O3S/c1-16-10-19(12-20(11-16)28(39)32-14-18-5-7-21(8-6-18)42(31,40)41)24-23-4-3-9-38(23)37-26(36-24)17(2)35-27-22(13-29)25(30)33-15-34-27/h3-12,15,17H,14H2,1-2H3,(H,32,39)(H2,31,40,41)(H3,30,33,34,35). The Kier molecular flexibility index (Phi) is 7.53. The highest BCUT2D eigenvalue weighted by atomic mass is 32.2. The van der Waals surface area contributed by atoms with E-state index in [2.05, 4.69) is 25.7 Å². The Bertz CT molecular complexity index is 1960. The Hall–Kier alpha value is -5.39. The van der Waals surface area contributed by atoms with E-state index in [4.69, 9.17) is 15.9 Å². The molecule has 0 bridgehead atoms. The van der Waals surface area contributed by atoms with Crippen LogP contribution in [-0.4, -0.2) is 38.9 Å². The predicted molar refractivity (Wildman–Crippen MR) is 155 cm³/mol. The number of sulfonamides is 1. The van der Waals surface area contributed by atoms with Gasteiger partial charge in [0.15, 0.2) is 5.82 Å². The van der Waals surface area contributed by atoms with Gasteiger partial charge in [-0.25, -0.2) is 33.0 Å². The minimum atomic E-state index is -3.80. The van der Waals surface area contributed by atoms with Crippen LogP contribution in [0.2, 0.25) is 0 Å². The Morgan fingerprint density at radius 3 is 2.62 bits per heavy atom. The number of benzene rings is 2. The first-order chi connectivity index (χ1) is 20.0. The molecule has 3 aromatic heterocycles. The van der Waals surface area contributed by atoms with Gasteiger partial charge in [-0.1, -0.05) is 12.1 Å². The third-order valence-electron chi connectivity index (χ3n) is 6.45. The summed E-state index contributed by atoms with van der Waals surface area (Å²) in [6.07, 6.45) is 3.07. The van der Waals surface area contributed by atoms with Crippen LogP contribution in [0.3, 0.4) is 0 Å². The molecule has 14 heteroatoms. The van der Waals surface area contributed by atoms with Gasteiger partial charge in [-0.3, -0.25) is 4.79 Å². The number of hydrogen-bond donors (Lipinski definition) is 4. The number of nitrogens with two attached hydrogens (primary N) is 2. The summed E-state index contributed by atoms with van der Waals surface area (Å²) < 4.78 is 24.7. The Balaban J connectivity index is 1.43. The van der Waals surface area contributed by atoms with Gasteiger partial charge >= 0.3 is 0 Å². The maximum Gasteiger partial charge on any atom is 0.251 e. The van der Waals surface area contributed by atoms with E-state index in [1.54, 1.807) is 35.0 Å². The first-order valence-corrected chi connectivity index (χ1v) is 14.2. The van der Waals surface area contributed by atoms with Gasteiger partial charge in [0, 0.05) is 23.9 Å². The lowest BCUT2D eigenvalue weighted by Crippen LogP contribution is -2.23. The molecule has 0 fully saturated rings. The van der Waals surface area contributed by atoms with Crippen molar-refractivity contribution in [2.75, 3.05) is 11.1 Å². The number of nitriles is 1. The average Bonchev–Trinajstić information content (AvgIpc) is 3.44. The fourth-order valence-electron chi connectivity index (χ4n) is 4.37. The zero-order valence-corrected chi connectivity index (χ0v) is 23.4. The molecule has 1 atom stereocenters. The second kappa shape index (κ2) is 11.2. The molecule has 0 aliphatic heterocycles. The summed E-state index contributed by atoms with van der Waals surface area (Å²) in [5, 5.41) is 25.3. The molecule has 3 heterocycles. The number of nitrogens with zero attached hydrogens (tertiary/aromatic N) is 6. The fraction of sp³-hybridized carbons (Fsp3) is 0.143. The molecule has 0 radical (unpaired) electrons. The van der Waals surface area contributed by atoms with Crippen molar-refractivity contribution in [3.63, 3.8) is 0 Å². The van der Waals surface area contributed by atoms with Crippen molar-refractivity contribution in [1.82, 2.24) is 29.9 Å². The van der Waals surface area contributed by atoms with Crippen molar-refractivity contribution in [3.8, 4) is 17.3 Å². The number of amides is 1. The van der Waals surface area contributed by atoms with Gasteiger partial charge in [-0.15, -0.1) is 0 Å². The molecular formula is C28H26N10O3S. The number of carbonyl (C=O) groups is 1. The molecule has 2 aromatic carbocycles. The number of anilines is 2. The smallest absolute Gasteiger partial charge is 0.251 e. The Morgan fingerprint density at radius 2 is 1.90 bits per heavy atom. The maximum absolute atomic E-state index is 13.1. The van der Waals surface area contributed by atoms with Crippen LogP contribution in [0.25, 0.3) is 16.8 Å². The van der Waals surface area contributed by atoms with Crippen LogP contribution in [0, 0.1) is 18.3 Å². The van der Waals surface area contributed by atoms with E-state index in [0.717, 1.165) is 11.1 Å². The normalized spacial score (nSPS) is 12.0. The molecule has 6 N–H and O–H groups in total. The largest absolute Gasteiger partial charge is 0.382 e. The van der Waals surface area contributed by atoms with Gasteiger partial charge < -0.3 is 16.4 Å². The van der Waals surface area contributed by atoms with E-state index in [9.17, 15) is 18.5 Å². The van der Waals surface area contributed by atoms with Gasteiger partial charge in [0.1, 0.15) is 29.6 Å². The Morgan fingerprint density at radius 1 is 1.14 bits per heavy atom. The highest BCUT2D eigenvalue weighted by molar-refractivity contribution is 7.89. The summed E-state index contributed by atoms with van der Waals surface area (Å²) in [5.74, 6) is 0.446. The lowest BCUT2D eigenvalue weighted by molar-refractivity contribution is 0.0951. The van der Waals surface area contributed by atoms with Gasteiger partial charge in [-0.05, 0) is 67.4 Å². The number of primary sulfonamides is 1. The molecule has 13 nitrogen and oxygen atoms in total. The van der Waals surface area contributed by atoms with Gasteiger partial charge in [0.25, 0.3) is 5.91 Å². The van der Waals surface area contributed by atoms with Gasteiger partial charge in [0.05, 0.1) is 22.1 Å². The van der Waals surface area contributed by atoms with E-state index in [0.29, 0.717) is 28.2 Å². The topological polar surface area (TPSA) is 207 Å². The van der Waals surface area contributed by atoms with Crippen molar-refractivity contribution in [2.45, 2.75) is 31.3 Å². The third-order valence-corrected chi connectivity index (χ3v) is 7.38. The zero-order chi connectivity index (χ0) is 30.0. The number of aromatic nitrogens is 5. The Labute approximate surface area is 241 Å². The maximum atomic E-state index is 13.1. The van der Waals surface area contributed by atoms with Crippen LogP contribution in [0.15, 0.2) is 72.0 Å². The van der Waals surface area contributed by atoms with Crippen LogP contribution in [-0.2, 0) is 16.6 Å². The minimum absolute atomic E-state index is 0.00184. The molecule has 0 aliphatic carbocycles. The van der Waals surface area contributed by atoms with Crippen LogP contribution in [0.4, 0.5) is 11.6 Å². The van der Waals surface area contributed by atoms with E-state index in [1.165, 1.54) is 18.5 Å². The van der Waals surface area contributed by atoms with Crippen LogP contribution < -0.4 is 21.5 Å². The van der Waals surface area contributed by atoms with E-state index >= 15 is 0 Å². The summed E-state index contributed by atoms with van der Waals surface area (Å²) in [6.45, 7) is 3.91. The molecule has 5 aromatic rings. The first kappa shape index (κ1) is 28.1. The van der Waals surface area contributed by atoms with E-state index < -0.39 is 16.1 Å².